The lowest BCUT2D eigenvalue weighted by Crippen LogP contribution is -2.41. The van der Waals surface area contributed by atoms with Crippen LogP contribution >= 0.6 is 0 Å². The number of aliphatic imine (C=N–C) groups is 1. The average molecular weight is 396 g/mol. The third-order valence-electron chi connectivity index (χ3n) is 4.08. The number of guanidine groups is 1. The van der Waals surface area contributed by atoms with Gasteiger partial charge in [0, 0.05) is 12.2 Å². The minimum absolute atomic E-state index is 0.128. The maximum absolute atomic E-state index is 13.0. The molecule has 0 spiro atoms. The summed E-state index contributed by atoms with van der Waals surface area (Å²) in [4.78, 5) is 4.60. The lowest BCUT2D eigenvalue weighted by atomic mass is 10.3. The Morgan fingerprint density at radius 1 is 1.14 bits per heavy atom. The van der Waals surface area contributed by atoms with Crippen LogP contribution in [-0.4, -0.2) is 39.9 Å². The SMILES string of the molecule is CCNC(=NCc1nncn1-c1ccccc1)NCC(C)Oc1ccc(F)cc1. The van der Waals surface area contributed by atoms with Crippen molar-refractivity contribution in [2.45, 2.75) is 26.5 Å². The van der Waals surface area contributed by atoms with Gasteiger partial charge in [0.05, 0.1) is 6.54 Å². The molecule has 0 aliphatic heterocycles. The molecule has 152 valence electrons. The molecule has 3 aromatic rings. The topological polar surface area (TPSA) is 76.4 Å². The van der Waals surface area contributed by atoms with Crippen LogP contribution in [0.5, 0.6) is 5.75 Å². The number of nitrogens with zero attached hydrogens (tertiary/aromatic N) is 4. The molecule has 29 heavy (non-hydrogen) atoms. The molecule has 1 heterocycles. The summed E-state index contributed by atoms with van der Waals surface area (Å²) in [5.41, 5.74) is 0.988. The summed E-state index contributed by atoms with van der Waals surface area (Å²) in [5.74, 6) is 1.74. The zero-order valence-corrected chi connectivity index (χ0v) is 16.5. The van der Waals surface area contributed by atoms with Crippen molar-refractivity contribution in [3.63, 3.8) is 0 Å². The molecule has 0 amide bonds. The molecule has 0 aliphatic carbocycles. The second-order valence-electron chi connectivity index (χ2n) is 6.41. The normalized spacial score (nSPS) is 12.4. The van der Waals surface area contributed by atoms with Crippen molar-refractivity contribution >= 4 is 5.96 Å². The van der Waals surface area contributed by atoms with Crippen LogP contribution in [0.2, 0.25) is 0 Å². The van der Waals surface area contributed by atoms with Gasteiger partial charge < -0.3 is 15.4 Å². The van der Waals surface area contributed by atoms with E-state index in [1.54, 1.807) is 18.5 Å². The molecular formula is C21H25FN6O. The Morgan fingerprint density at radius 2 is 1.90 bits per heavy atom. The molecule has 1 unspecified atom stereocenters. The van der Waals surface area contributed by atoms with Crippen molar-refractivity contribution in [2.24, 2.45) is 4.99 Å². The van der Waals surface area contributed by atoms with Crippen LogP contribution in [0.3, 0.4) is 0 Å². The van der Waals surface area contributed by atoms with Crippen molar-refractivity contribution in [1.29, 1.82) is 0 Å². The molecular weight excluding hydrogens is 371 g/mol. The molecule has 0 fully saturated rings. The summed E-state index contributed by atoms with van der Waals surface area (Å²) < 4.78 is 20.7. The first-order valence-electron chi connectivity index (χ1n) is 9.54. The Labute approximate surface area is 169 Å². The van der Waals surface area contributed by atoms with Crippen LogP contribution in [0.25, 0.3) is 5.69 Å². The van der Waals surface area contributed by atoms with E-state index in [1.807, 2.05) is 48.7 Å². The van der Waals surface area contributed by atoms with E-state index in [0.717, 1.165) is 18.1 Å². The number of ether oxygens (including phenoxy) is 1. The minimum Gasteiger partial charge on any atom is -0.489 e. The fraction of sp³-hybridized carbons (Fsp3) is 0.286. The van der Waals surface area contributed by atoms with Crippen LogP contribution < -0.4 is 15.4 Å². The van der Waals surface area contributed by atoms with Crippen LogP contribution in [-0.2, 0) is 6.54 Å². The highest BCUT2D eigenvalue weighted by atomic mass is 19.1. The quantitative estimate of drug-likeness (QED) is 0.452. The highest BCUT2D eigenvalue weighted by Crippen LogP contribution is 2.13. The smallest absolute Gasteiger partial charge is 0.191 e. The van der Waals surface area contributed by atoms with Crippen molar-refractivity contribution < 1.29 is 9.13 Å². The Morgan fingerprint density at radius 3 is 2.62 bits per heavy atom. The number of aromatic nitrogens is 3. The molecule has 8 heteroatoms. The van der Waals surface area contributed by atoms with Crippen LogP contribution in [0.1, 0.15) is 19.7 Å². The first kappa shape index (κ1) is 20.3. The molecule has 3 rings (SSSR count). The van der Waals surface area contributed by atoms with Gasteiger partial charge in [-0.15, -0.1) is 10.2 Å². The lowest BCUT2D eigenvalue weighted by molar-refractivity contribution is 0.223. The van der Waals surface area contributed by atoms with Gasteiger partial charge in [0.1, 0.15) is 30.5 Å². The number of hydrogen-bond acceptors (Lipinski definition) is 4. The Bertz CT molecular complexity index is 910. The molecule has 2 aromatic carbocycles. The van der Waals surface area contributed by atoms with Crippen LogP contribution in [0.15, 0.2) is 65.9 Å². The van der Waals surface area contributed by atoms with Crippen molar-refractivity contribution in [3.8, 4) is 11.4 Å². The summed E-state index contributed by atoms with van der Waals surface area (Å²) in [7, 11) is 0. The molecule has 1 aromatic heterocycles. The molecule has 2 N–H and O–H groups in total. The lowest BCUT2D eigenvalue weighted by Gasteiger charge is -2.17. The van der Waals surface area contributed by atoms with Gasteiger partial charge in [0.25, 0.3) is 0 Å². The van der Waals surface area contributed by atoms with Crippen LogP contribution in [0.4, 0.5) is 4.39 Å². The monoisotopic (exact) mass is 396 g/mol. The second kappa shape index (κ2) is 10.2. The molecule has 0 radical (unpaired) electrons. The van der Waals surface area contributed by atoms with Crippen molar-refractivity contribution in [2.75, 3.05) is 13.1 Å². The van der Waals surface area contributed by atoms with Gasteiger partial charge in [0.15, 0.2) is 11.8 Å². The van der Waals surface area contributed by atoms with E-state index in [-0.39, 0.29) is 11.9 Å². The standard InChI is InChI=1S/C21H25FN6O/c1-3-23-21(24-13-16(2)29-19-11-9-17(22)10-12-19)25-14-20-27-26-15-28(20)18-7-5-4-6-8-18/h4-12,15-16H,3,13-14H2,1-2H3,(H2,23,24,25). The molecule has 0 saturated carbocycles. The second-order valence-corrected chi connectivity index (χ2v) is 6.41. The average Bonchev–Trinajstić information content (AvgIpc) is 3.21. The van der Waals surface area contributed by atoms with E-state index in [4.69, 9.17) is 4.74 Å². The van der Waals surface area contributed by atoms with Gasteiger partial charge >= 0.3 is 0 Å². The van der Waals surface area contributed by atoms with Gasteiger partial charge in [-0.05, 0) is 50.2 Å². The van der Waals surface area contributed by atoms with E-state index < -0.39 is 0 Å². The zero-order chi connectivity index (χ0) is 20.5. The summed E-state index contributed by atoms with van der Waals surface area (Å²) in [6.45, 7) is 5.57. The molecule has 1 atom stereocenters. The predicted octanol–water partition coefficient (Wildman–Crippen LogP) is 2.93. The van der Waals surface area contributed by atoms with Gasteiger partial charge in [-0.3, -0.25) is 4.57 Å². The van der Waals surface area contributed by atoms with Gasteiger partial charge in [-0.2, -0.15) is 0 Å². The third kappa shape index (κ3) is 6.03. The number of para-hydroxylation sites is 1. The zero-order valence-electron chi connectivity index (χ0n) is 16.5. The predicted molar refractivity (Wildman–Crippen MR) is 111 cm³/mol. The first-order chi connectivity index (χ1) is 14.2. The first-order valence-corrected chi connectivity index (χ1v) is 9.54. The highest BCUT2D eigenvalue weighted by Gasteiger charge is 2.08. The maximum atomic E-state index is 13.0. The van der Waals surface area contributed by atoms with Gasteiger partial charge in [-0.25, -0.2) is 9.38 Å². The maximum Gasteiger partial charge on any atom is 0.191 e. The van der Waals surface area contributed by atoms with E-state index in [1.165, 1.54) is 12.1 Å². The largest absolute Gasteiger partial charge is 0.489 e. The molecule has 0 aliphatic rings. The third-order valence-corrected chi connectivity index (χ3v) is 4.08. The minimum atomic E-state index is -0.284. The summed E-state index contributed by atoms with van der Waals surface area (Å²) >= 11 is 0. The van der Waals surface area contributed by atoms with E-state index in [0.29, 0.717) is 24.8 Å². The summed E-state index contributed by atoms with van der Waals surface area (Å²) in [6, 6.07) is 15.9. The Kier molecular flexibility index (Phi) is 7.16. The number of nitrogens with one attached hydrogen (secondary N) is 2. The Hall–Kier alpha value is -3.42. The van der Waals surface area contributed by atoms with Crippen molar-refractivity contribution in [1.82, 2.24) is 25.4 Å². The number of hydrogen-bond donors (Lipinski definition) is 2. The fourth-order valence-electron chi connectivity index (χ4n) is 2.69. The molecule has 7 nitrogen and oxygen atoms in total. The van der Waals surface area contributed by atoms with Crippen LogP contribution in [0, 0.1) is 5.82 Å². The molecule has 0 saturated heterocycles. The number of halogens is 1. The Balaban J connectivity index is 1.59. The van der Waals surface area contributed by atoms with E-state index in [9.17, 15) is 4.39 Å². The van der Waals surface area contributed by atoms with E-state index in [2.05, 4.69) is 25.8 Å². The fourth-order valence-corrected chi connectivity index (χ4v) is 2.69. The van der Waals surface area contributed by atoms with Gasteiger partial charge in [-0.1, -0.05) is 18.2 Å². The van der Waals surface area contributed by atoms with E-state index >= 15 is 0 Å². The van der Waals surface area contributed by atoms with Crippen molar-refractivity contribution in [3.05, 3.63) is 72.6 Å². The number of benzene rings is 2. The number of rotatable bonds is 8. The summed E-state index contributed by atoms with van der Waals surface area (Å²) in [5, 5.41) is 14.6. The molecule has 0 bridgehead atoms. The van der Waals surface area contributed by atoms with Gasteiger partial charge in [0.2, 0.25) is 0 Å². The summed E-state index contributed by atoms with van der Waals surface area (Å²) in [6.07, 6.45) is 1.55. The highest BCUT2D eigenvalue weighted by molar-refractivity contribution is 5.79.